The summed E-state index contributed by atoms with van der Waals surface area (Å²) in [7, 11) is 2.82. The number of aliphatic hydroxyl groups excluding tert-OH is 1. The standard InChI is InChI=1S/C37H34FN3O6S2/c1-21(2)16-17-47-29-15-12-23(19-30(29)46-4)32-31(33(42)24-13-14-28(45-3)27(38)18-24)34(43)35(44)41(32)36-39-40-37(49-36)48-20-25-10-7-9-22-8-5-6-11-26(22)25/h5-15,18-19,21,32,42H,16-17,20H2,1-4H3/b33-31+. The highest BCUT2D eigenvalue weighted by Crippen LogP contribution is 2.46. The maximum absolute atomic E-state index is 14.7. The summed E-state index contributed by atoms with van der Waals surface area (Å²) >= 11 is 2.62. The Kier molecular flexibility index (Phi) is 10.2. The van der Waals surface area contributed by atoms with Crippen LogP contribution >= 0.6 is 23.1 Å². The zero-order chi connectivity index (χ0) is 34.7. The molecule has 4 aromatic carbocycles. The summed E-state index contributed by atoms with van der Waals surface area (Å²) in [4.78, 5) is 28.7. The molecule has 1 aromatic heterocycles. The number of benzene rings is 4. The number of methoxy groups -OCH3 is 2. The summed E-state index contributed by atoms with van der Waals surface area (Å²) in [6.07, 6.45) is 0.835. The smallest absolute Gasteiger partial charge is 0.301 e. The first-order valence-electron chi connectivity index (χ1n) is 15.6. The predicted molar refractivity (Wildman–Crippen MR) is 189 cm³/mol. The quantitative estimate of drug-likeness (QED) is 0.0453. The van der Waals surface area contributed by atoms with Gasteiger partial charge >= 0.3 is 5.91 Å². The van der Waals surface area contributed by atoms with Crippen LogP contribution in [0.5, 0.6) is 17.2 Å². The van der Waals surface area contributed by atoms with Gasteiger partial charge in [-0.3, -0.25) is 14.5 Å². The van der Waals surface area contributed by atoms with Gasteiger partial charge in [0.25, 0.3) is 5.78 Å². The molecule has 1 fully saturated rings. The van der Waals surface area contributed by atoms with Crippen LogP contribution in [-0.4, -0.2) is 47.8 Å². The maximum Gasteiger partial charge on any atom is 0.301 e. The second kappa shape index (κ2) is 14.7. The third-order valence-electron chi connectivity index (χ3n) is 8.16. The maximum atomic E-state index is 14.7. The number of amides is 1. The highest BCUT2D eigenvalue weighted by Gasteiger charge is 2.48. The zero-order valence-electron chi connectivity index (χ0n) is 27.3. The highest BCUT2D eigenvalue weighted by molar-refractivity contribution is 8.00. The van der Waals surface area contributed by atoms with Gasteiger partial charge in [0.05, 0.1) is 32.4 Å². The van der Waals surface area contributed by atoms with Gasteiger partial charge in [-0.05, 0) is 64.6 Å². The first-order valence-corrected chi connectivity index (χ1v) is 17.4. The van der Waals surface area contributed by atoms with Crippen LogP contribution in [0.2, 0.25) is 0 Å². The molecule has 0 bridgehead atoms. The van der Waals surface area contributed by atoms with Crippen molar-refractivity contribution in [2.75, 3.05) is 25.7 Å². The Morgan fingerprint density at radius 2 is 1.71 bits per heavy atom. The molecule has 0 saturated carbocycles. The van der Waals surface area contributed by atoms with Gasteiger partial charge in [0.1, 0.15) is 5.76 Å². The molecule has 1 atom stereocenters. The fourth-order valence-electron chi connectivity index (χ4n) is 5.61. The van der Waals surface area contributed by atoms with Crippen LogP contribution in [0.3, 0.4) is 0 Å². The number of aliphatic hydroxyl groups is 1. The molecule has 1 amide bonds. The van der Waals surface area contributed by atoms with E-state index in [1.54, 1.807) is 18.2 Å². The first kappa shape index (κ1) is 33.9. The van der Waals surface area contributed by atoms with Crippen LogP contribution in [0.4, 0.5) is 9.52 Å². The number of anilines is 1. The molecule has 5 aromatic rings. The van der Waals surface area contributed by atoms with Crippen LogP contribution in [-0.2, 0) is 15.3 Å². The summed E-state index contributed by atoms with van der Waals surface area (Å²) in [5.41, 5.74) is 1.34. The van der Waals surface area contributed by atoms with Crippen molar-refractivity contribution in [2.45, 2.75) is 36.4 Å². The number of carbonyl (C=O) groups excluding carboxylic acids is 2. The van der Waals surface area contributed by atoms with E-state index in [1.807, 2.05) is 18.2 Å². The minimum Gasteiger partial charge on any atom is -0.507 e. The zero-order valence-corrected chi connectivity index (χ0v) is 28.9. The number of nitrogens with zero attached hydrogens (tertiary/aromatic N) is 3. The second-order valence-corrected chi connectivity index (χ2v) is 13.9. The van der Waals surface area contributed by atoms with E-state index in [4.69, 9.17) is 14.2 Å². The Morgan fingerprint density at radius 1 is 0.959 bits per heavy atom. The average molecular weight is 700 g/mol. The Hall–Kier alpha value is -4.94. The van der Waals surface area contributed by atoms with Gasteiger partial charge < -0.3 is 19.3 Å². The lowest BCUT2D eigenvalue weighted by molar-refractivity contribution is -0.132. The monoisotopic (exact) mass is 699 g/mol. The average Bonchev–Trinajstić information content (AvgIpc) is 3.68. The molecule has 2 heterocycles. The number of halogens is 1. The van der Waals surface area contributed by atoms with Crippen molar-refractivity contribution in [3.8, 4) is 17.2 Å². The van der Waals surface area contributed by atoms with E-state index >= 15 is 0 Å². The van der Waals surface area contributed by atoms with E-state index in [0.717, 1.165) is 40.2 Å². The van der Waals surface area contributed by atoms with Crippen molar-refractivity contribution in [1.29, 1.82) is 0 Å². The summed E-state index contributed by atoms with van der Waals surface area (Å²) in [5, 5.41) is 22.6. The van der Waals surface area contributed by atoms with E-state index < -0.39 is 29.3 Å². The molecule has 12 heteroatoms. The number of ether oxygens (including phenoxy) is 3. The summed E-state index contributed by atoms with van der Waals surface area (Å²) in [5.74, 6) is -1.25. The molecule has 6 rings (SSSR count). The third-order valence-corrected chi connectivity index (χ3v) is 10.3. The van der Waals surface area contributed by atoms with E-state index in [2.05, 4.69) is 48.3 Å². The van der Waals surface area contributed by atoms with Crippen molar-refractivity contribution >= 4 is 56.5 Å². The van der Waals surface area contributed by atoms with E-state index in [0.29, 0.717) is 39.7 Å². The Bertz CT molecular complexity index is 2060. The molecule has 252 valence electrons. The van der Waals surface area contributed by atoms with Gasteiger partial charge in [0, 0.05) is 11.3 Å². The molecule has 0 aliphatic carbocycles. The fraction of sp³-hybridized carbons (Fsp3) is 0.243. The lowest BCUT2D eigenvalue weighted by Crippen LogP contribution is -2.29. The molecule has 1 unspecified atom stereocenters. The largest absolute Gasteiger partial charge is 0.507 e. The third kappa shape index (κ3) is 6.97. The van der Waals surface area contributed by atoms with Crippen molar-refractivity contribution in [3.05, 3.63) is 107 Å². The van der Waals surface area contributed by atoms with Crippen molar-refractivity contribution in [3.63, 3.8) is 0 Å². The van der Waals surface area contributed by atoms with Gasteiger partial charge in [-0.15, -0.1) is 10.2 Å². The predicted octanol–water partition coefficient (Wildman–Crippen LogP) is 8.19. The number of carbonyl (C=O) groups is 2. The first-order chi connectivity index (χ1) is 23.7. The molecular formula is C37H34FN3O6S2. The molecule has 1 N–H and O–H groups in total. The number of thioether (sulfide) groups is 1. The van der Waals surface area contributed by atoms with Crippen molar-refractivity contribution in [2.24, 2.45) is 5.92 Å². The van der Waals surface area contributed by atoms with Crippen LogP contribution in [0, 0.1) is 11.7 Å². The molecule has 49 heavy (non-hydrogen) atoms. The highest BCUT2D eigenvalue weighted by atomic mass is 32.2. The van der Waals surface area contributed by atoms with Gasteiger partial charge in [-0.1, -0.05) is 85.5 Å². The topological polar surface area (TPSA) is 111 Å². The molecule has 1 aliphatic rings. The van der Waals surface area contributed by atoms with E-state index in [1.165, 1.54) is 43.0 Å². The fourth-order valence-corrected chi connectivity index (χ4v) is 7.48. The molecule has 0 spiro atoms. The van der Waals surface area contributed by atoms with Crippen LogP contribution in [0.15, 0.2) is 88.8 Å². The Labute approximate surface area is 291 Å². The Balaban J connectivity index is 1.39. The number of hydrogen-bond acceptors (Lipinski definition) is 10. The normalized spacial score (nSPS) is 15.7. The minimum absolute atomic E-state index is 0.00509. The van der Waals surface area contributed by atoms with Crippen LogP contribution in [0.1, 0.15) is 43.0 Å². The van der Waals surface area contributed by atoms with Gasteiger partial charge in [0.2, 0.25) is 5.13 Å². The summed E-state index contributed by atoms with van der Waals surface area (Å²) in [6, 6.07) is 22.0. The van der Waals surface area contributed by atoms with Gasteiger partial charge in [-0.25, -0.2) is 4.39 Å². The lowest BCUT2D eigenvalue weighted by atomic mass is 9.95. The molecular weight excluding hydrogens is 666 g/mol. The number of aromatic nitrogens is 2. The number of ketones is 1. The van der Waals surface area contributed by atoms with Crippen LogP contribution in [0.25, 0.3) is 16.5 Å². The SMILES string of the molecule is COc1ccc(/C(O)=C2\C(=O)C(=O)N(c3nnc(SCc4cccc5ccccc45)s3)C2c2ccc(OCCC(C)C)c(OC)c2)cc1F. The molecule has 0 radical (unpaired) electrons. The lowest BCUT2D eigenvalue weighted by Gasteiger charge is -2.23. The molecule has 1 aliphatic heterocycles. The molecule has 1 saturated heterocycles. The number of Topliss-reactive ketones (excluding diaryl/α,β-unsaturated/α-hetero) is 1. The molecule has 9 nitrogen and oxygen atoms in total. The minimum atomic E-state index is -1.13. The van der Waals surface area contributed by atoms with Gasteiger partial charge in [-0.2, -0.15) is 0 Å². The number of rotatable bonds is 12. The van der Waals surface area contributed by atoms with Gasteiger partial charge in [0.15, 0.2) is 27.4 Å². The van der Waals surface area contributed by atoms with Crippen molar-refractivity contribution < 1.29 is 33.3 Å². The summed E-state index contributed by atoms with van der Waals surface area (Å²) in [6.45, 7) is 4.67. The Morgan fingerprint density at radius 3 is 2.47 bits per heavy atom. The van der Waals surface area contributed by atoms with E-state index in [9.17, 15) is 19.1 Å². The van der Waals surface area contributed by atoms with E-state index in [-0.39, 0.29) is 22.0 Å². The second-order valence-electron chi connectivity index (χ2n) is 11.7. The number of hydrogen-bond donors (Lipinski definition) is 1. The summed E-state index contributed by atoms with van der Waals surface area (Å²) < 4.78 is 32.0. The number of fused-ring (bicyclic) bond motifs is 1. The van der Waals surface area contributed by atoms with Crippen LogP contribution < -0.4 is 19.1 Å². The van der Waals surface area contributed by atoms with Crippen molar-refractivity contribution in [1.82, 2.24) is 10.2 Å².